The fourth-order valence-electron chi connectivity index (χ4n) is 2.39. The molecule has 2 unspecified atom stereocenters. The third kappa shape index (κ3) is 2.77. The second kappa shape index (κ2) is 5.04. The highest BCUT2D eigenvalue weighted by Gasteiger charge is 2.24. The van der Waals surface area contributed by atoms with E-state index in [-0.39, 0.29) is 16.8 Å². The van der Waals surface area contributed by atoms with E-state index < -0.39 is 0 Å². The first-order chi connectivity index (χ1) is 8.08. The fourth-order valence-corrected chi connectivity index (χ4v) is 3.13. The van der Waals surface area contributed by atoms with Gasteiger partial charge in [0, 0.05) is 11.7 Å². The number of carbonyl (C=O) groups excluding carboxylic acids is 1. The Morgan fingerprint density at radius 2 is 2.12 bits per heavy atom. The second-order valence-electron chi connectivity index (χ2n) is 4.81. The van der Waals surface area contributed by atoms with E-state index in [1.165, 1.54) is 19.3 Å². The molecule has 0 spiro atoms. The SMILES string of the molecule is Cc1[nH]c(=O)sc1C(=O)NC1CCCCC1C. The van der Waals surface area contributed by atoms with Crippen molar-refractivity contribution in [1.82, 2.24) is 10.3 Å². The van der Waals surface area contributed by atoms with Crippen LogP contribution in [0.3, 0.4) is 0 Å². The van der Waals surface area contributed by atoms with Gasteiger partial charge in [-0.25, -0.2) is 0 Å². The molecular formula is C12H18N2O2S. The molecule has 1 saturated carbocycles. The molecule has 1 aromatic rings. The van der Waals surface area contributed by atoms with Gasteiger partial charge in [0.05, 0.1) is 0 Å². The number of hydrogen-bond donors (Lipinski definition) is 2. The van der Waals surface area contributed by atoms with Crippen molar-refractivity contribution < 1.29 is 4.79 Å². The summed E-state index contributed by atoms with van der Waals surface area (Å²) >= 11 is 0.989. The number of rotatable bonds is 2. The summed E-state index contributed by atoms with van der Waals surface area (Å²) in [6, 6.07) is 0.257. The highest BCUT2D eigenvalue weighted by molar-refractivity contribution is 7.11. The van der Waals surface area contributed by atoms with Gasteiger partial charge < -0.3 is 10.3 Å². The summed E-state index contributed by atoms with van der Waals surface area (Å²) in [4.78, 5) is 26.2. The largest absolute Gasteiger partial charge is 0.348 e. The Kier molecular flexibility index (Phi) is 3.66. The topological polar surface area (TPSA) is 62.0 Å². The molecule has 0 aliphatic heterocycles. The molecule has 1 amide bonds. The van der Waals surface area contributed by atoms with Gasteiger partial charge in [-0.05, 0) is 25.7 Å². The van der Waals surface area contributed by atoms with E-state index in [0.717, 1.165) is 17.8 Å². The molecule has 1 aromatic heterocycles. The first-order valence-electron chi connectivity index (χ1n) is 6.08. The molecule has 2 N–H and O–H groups in total. The molecular weight excluding hydrogens is 236 g/mol. The van der Waals surface area contributed by atoms with Crippen LogP contribution in [0.15, 0.2) is 4.79 Å². The molecule has 5 heteroatoms. The zero-order chi connectivity index (χ0) is 12.4. The maximum atomic E-state index is 12.0. The quantitative estimate of drug-likeness (QED) is 0.848. The number of hydrogen-bond acceptors (Lipinski definition) is 3. The van der Waals surface area contributed by atoms with Gasteiger partial charge in [0.25, 0.3) is 5.91 Å². The monoisotopic (exact) mass is 254 g/mol. The molecule has 0 saturated heterocycles. The van der Waals surface area contributed by atoms with Crippen molar-refractivity contribution in [2.75, 3.05) is 0 Å². The Morgan fingerprint density at radius 3 is 2.71 bits per heavy atom. The molecule has 0 radical (unpaired) electrons. The van der Waals surface area contributed by atoms with Crippen LogP contribution in [0.4, 0.5) is 0 Å². The maximum Gasteiger partial charge on any atom is 0.305 e. The van der Waals surface area contributed by atoms with E-state index in [9.17, 15) is 9.59 Å². The molecule has 94 valence electrons. The van der Waals surface area contributed by atoms with Gasteiger partial charge in [-0.3, -0.25) is 9.59 Å². The van der Waals surface area contributed by atoms with E-state index in [1.54, 1.807) is 6.92 Å². The number of thiazole rings is 1. The van der Waals surface area contributed by atoms with Crippen molar-refractivity contribution in [2.24, 2.45) is 5.92 Å². The van der Waals surface area contributed by atoms with Gasteiger partial charge in [0.15, 0.2) is 0 Å². The van der Waals surface area contributed by atoms with Crippen LogP contribution in [0.2, 0.25) is 0 Å². The normalized spacial score (nSPS) is 24.6. The van der Waals surface area contributed by atoms with E-state index in [2.05, 4.69) is 17.2 Å². The lowest BCUT2D eigenvalue weighted by molar-refractivity contribution is 0.0913. The number of carbonyl (C=O) groups is 1. The van der Waals surface area contributed by atoms with Gasteiger partial charge in [0.1, 0.15) is 4.88 Å². The summed E-state index contributed by atoms with van der Waals surface area (Å²) in [6.45, 7) is 3.94. The number of nitrogens with one attached hydrogen (secondary N) is 2. The Labute approximate surface area is 104 Å². The van der Waals surface area contributed by atoms with Crippen LogP contribution in [0.5, 0.6) is 0 Å². The lowest BCUT2D eigenvalue weighted by atomic mass is 9.86. The minimum absolute atomic E-state index is 0.107. The standard InChI is InChI=1S/C12H18N2O2S/c1-7-5-3-4-6-9(7)14-11(15)10-8(2)13-12(16)17-10/h7,9H,3-6H2,1-2H3,(H,13,16)(H,14,15). The molecule has 2 rings (SSSR count). The van der Waals surface area contributed by atoms with Crippen LogP contribution in [-0.4, -0.2) is 16.9 Å². The van der Waals surface area contributed by atoms with Crippen molar-refractivity contribution in [3.8, 4) is 0 Å². The zero-order valence-electron chi connectivity index (χ0n) is 10.2. The van der Waals surface area contributed by atoms with Crippen LogP contribution >= 0.6 is 11.3 Å². The lowest BCUT2D eigenvalue weighted by Crippen LogP contribution is -2.41. The third-order valence-corrected chi connectivity index (χ3v) is 4.44. The molecule has 1 aliphatic carbocycles. The lowest BCUT2D eigenvalue weighted by Gasteiger charge is -2.29. The van der Waals surface area contributed by atoms with Crippen molar-refractivity contribution in [3.63, 3.8) is 0 Å². The van der Waals surface area contributed by atoms with Crippen molar-refractivity contribution in [3.05, 3.63) is 20.2 Å². The summed E-state index contributed by atoms with van der Waals surface area (Å²) in [5, 5.41) is 3.05. The van der Waals surface area contributed by atoms with E-state index >= 15 is 0 Å². The van der Waals surface area contributed by atoms with Gasteiger partial charge in [-0.15, -0.1) is 0 Å². The van der Waals surface area contributed by atoms with Crippen molar-refractivity contribution >= 4 is 17.2 Å². The zero-order valence-corrected chi connectivity index (χ0v) is 11.0. The van der Waals surface area contributed by atoms with Crippen LogP contribution in [0.1, 0.15) is 48.0 Å². The molecule has 2 atom stereocenters. The average molecular weight is 254 g/mol. The number of aromatic nitrogens is 1. The van der Waals surface area contributed by atoms with E-state index in [1.807, 2.05) is 0 Å². The average Bonchev–Trinajstić information content (AvgIpc) is 2.61. The first kappa shape index (κ1) is 12.4. The second-order valence-corrected chi connectivity index (χ2v) is 5.79. The highest BCUT2D eigenvalue weighted by Crippen LogP contribution is 2.24. The minimum Gasteiger partial charge on any atom is -0.348 e. The van der Waals surface area contributed by atoms with Crippen molar-refractivity contribution in [2.45, 2.75) is 45.6 Å². The fraction of sp³-hybridized carbons (Fsp3) is 0.667. The first-order valence-corrected chi connectivity index (χ1v) is 6.90. The summed E-state index contributed by atoms with van der Waals surface area (Å²) < 4.78 is 0. The van der Waals surface area contributed by atoms with E-state index in [0.29, 0.717) is 16.5 Å². The number of aromatic amines is 1. The number of aryl methyl sites for hydroxylation is 1. The Balaban J connectivity index is 2.06. The molecule has 0 bridgehead atoms. The summed E-state index contributed by atoms with van der Waals surface area (Å²) in [5.74, 6) is 0.424. The third-order valence-electron chi connectivity index (χ3n) is 3.46. The van der Waals surface area contributed by atoms with Crippen LogP contribution in [-0.2, 0) is 0 Å². The number of amides is 1. The van der Waals surface area contributed by atoms with Gasteiger partial charge >= 0.3 is 4.87 Å². The van der Waals surface area contributed by atoms with Gasteiger partial charge in [-0.2, -0.15) is 0 Å². The highest BCUT2D eigenvalue weighted by atomic mass is 32.1. The minimum atomic E-state index is -0.163. The Morgan fingerprint density at radius 1 is 1.41 bits per heavy atom. The summed E-state index contributed by atoms with van der Waals surface area (Å²) in [7, 11) is 0. The summed E-state index contributed by atoms with van der Waals surface area (Å²) in [5.41, 5.74) is 0.668. The molecule has 4 nitrogen and oxygen atoms in total. The van der Waals surface area contributed by atoms with Gasteiger partial charge in [0.2, 0.25) is 0 Å². The van der Waals surface area contributed by atoms with E-state index in [4.69, 9.17) is 0 Å². The molecule has 1 fully saturated rings. The molecule has 1 aliphatic rings. The van der Waals surface area contributed by atoms with Crippen LogP contribution in [0, 0.1) is 12.8 Å². The van der Waals surface area contributed by atoms with Crippen LogP contribution in [0.25, 0.3) is 0 Å². The number of H-pyrrole nitrogens is 1. The Bertz CT molecular complexity index is 463. The molecule has 1 heterocycles. The smallest absolute Gasteiger partial charge is 0.305 e. The Hall–Kier alpha value is -1.10. The maximum absolute atomic E-state index is 12.0. The van der Waals surface area contributed by atoms with Crippen molar-refractivity contribution in [1.29, 1.82) is 0 Å². The predicted molar refractivity (Wildman–Crippen MR) is 68.6 cm³/mol. The molecule has 17 heavy (non-hydrogen) atoms. The van der Waals surface area contributed by atoms with Crippen LogP contribution < -0.4 is 10.2 Å². The molecule has 0 aromatic carbocycles. The predicted octanol–water partition coefficient (Wildman–Crippen LogP) is 2.05. The summed E-state index contributed by atoms with van der Waals surface area (Å²) in [6.07, 6.45) is 4.65. The van der Waals surface area contributed by atoms with Gasteiger partial charge in [-0.1, -0.05) is 31.1 Å².